The number of furan rings is 1. The maximum absolute atomic E-state index is 6.50. The number of nitrogens with zero attached hydrogens (tertiary/aromatic N) is 3. The van der Waals surface area contributed by atoms with Crippen molar-refractivity contribution in [3.63, 3.8) is 0 Å². The van der Waals surface area contributed by atoms with Gasteiger partial charge in [0.2, 0.25) is 0 Å². The summed E-state index contributed by atoms with van der Waals surface area (Å²) in [6.07, 6.45) is 4.67. The Bertz CT molecular complexity index is 3690. The zero-order chi connectivity index (χ0) is 49.8. The molecular weight excluding hydrogens is 874 g/mol. The molecule has 0 N–H and O–H groups in total. The van der Waals surface area contributed by atoms with Crippen LogP contribution in [0, 0.1) is 20.8 Å². The van der Waals surface area contributed by atoms with Gasteiger partial charge in [-0.25, -0.2) is 0 Å². The average molecular weight is 940 g/mol. The zero-order valence-corrected chi connectivity index (χ0v) is 44.1. The van der Waals surface area contributed by atoms with Crippen molar-refractivity contribution in [2.45, 2.75) is 124 Å². The van der Waals surface area contributed by atoms with Gasteiger partial charge < -0.3 is 19.1 Å². The Morgan fingerprint density at radius 1 is 0.431 bits per heavy atom. The van der Waals surface area contributed by atoms with Crippen molar-refractivity contribution in [1.29, 1.82) is 0 Å². The molecule has 0 amide bonds. The third-order valence-corrected chi connectivity index (χ3v) is 17.9. The van der Waals surface area contributed by atoms with Crippen LogP contribution >= 0.6 is 0 Å². The number of anilines is 9. The van der Waals surface area contributed by atoms with Crippen LogP contribution in [0.1, 0.15) is 120 Å². The van der Waals surface area contributed by atoms with Crippen molar-refractivity contribution in [1.82, 2.24) is 0 Å². The van der Waals surface area contributed by atoms with Crippen LogP contribution in [-0.4, -0.2) is 6.71 Å². The highest BCUT2D eigenvalue weighted by Crippen LogP contribution is 2.53. The summed E-state index contributed by atoms with van der Waals surface area (Å²) in [4.78, 5) is 7.74. The third kappa shape index (κ3) is 6.64. The Labute approximate surface area is 427 Å². The molecule has 72 heavy (non-hydrogen) atoms. The maximum Gasteiger partial charge on any atom is 0.252 e. The van der Waals surface area contributed by atoms with Crippen LogP contribution in [-0.2, 0) is 21.7 Å². The van der Waals surface area contributed by atoms with Gasteiger partial charge in [-0.15, -0.1) is 0 Å². The van der Waals surface area contributed by atoms with Gasteiger partial charge in [0.25, 0.3) is 6.71 Å². The van der Waals surface area contributed by atoms with Crippen molar-refractivity contribution in [3.05, 3.63) is 191 Å². The molecule has 3 heterocycles. The van der Waals surface area contributed by atoms with E-state index in [9.17, 15) is 0 Å². The smallest absolute Gasteiger partial charge is 0.252 e. The molecule has 0 saturated carbocycles. The van der Waals surface area contributed by atoms with Crippen LogP contribution in [0.5, 0.6) is 0 Å². The summed E-state index contributed by atoms with van der Waals surface area (Å²) in [5, 5.41) is 2.25. The molecule has 1 aromatic heterocycles. The summed E-state index contributed by atoms with van der Waals surface area (Å²) in [7, 11) is 0. The first-order valence-corrected chi connectivity index (χ1v) is 26.5. The van der Waals surface area contributed by atoms with Crippen LogP contribution in [0.3, 0.4) is 0 Å². The van der Waals surface area contributed by atoms with Crippen molar-refractivity contribution in [2.75, 3.05) is 14.7 Å². The van der Waals surface area contributed by atoms with E-state index in [1.165, 1.54) is 108 Å². The SMILES string of the molecule is Cc1cc2c3c(c1)N(c1ccc4c(c1)C(C)(C)CCC4(C)C)c1cc4c(cc1B3c1ccc(N(c3ccccc3C)c3ccccc3C)cc1N2c1ccc2oc3ccccc3c2c1)C(C)(C)CCC4(C)C. The fraction of sp³-hybridized carbons (Fsp3) is 0.284. The van der Waals surface area contributed by atoms with E-state index in [0.29, 0.717) is 0 Å². The van der Waals surface area contributed by atoms with E-state index in [1.54, 1.807) is 0 Å². The summed E-state index contributed by atoms with van der Waals surface area (Å²) in [6.45, 7) is 26.5. The topological polar surface area (TPSA) is 22.9 Å². The molecule has 0 fully saturated rings. The largest absolute Gasteiger partial charge is 0.456 e. The minimum Gasteiger partial charge on any atom is -0.456 e. The van der Waals surface area contributed by atoms with E-state index in [0.717, 1.165) is 46.2 Å². The lowest BCUT2D eigenvalue weighted by Crippen LogP contribution is -2.62. The van der Waals surface area contributed by atoms with Gasteiger partial charge in [-0.2, -0.15) is 0 Å². The molecule has 9 aromatic rings. The second kappa shape index (κ2) is 15.5. The molecule has 0 radical (unpaired) electrons. The molecule has 4 aliphatic rings. The molecule has 0 spiro atoms. The van der Waals surface area contributed by atoms with Gasteiger partial charge in [-0.3, -0.25) is 0 Å². The number of para-hydroxylation sites is 3. The molecular formula is C67H66BN3O. The molecule has 0 atom stereocenters. The Kier molecular flexibility index (Phi) is 9.68. The Morgan fingerprint density at radius 2 is 0.944 bits per heavy atom. The molecule has 13 rings (SSSR count). The van der Waals surface area contributed by atoms with Crippen molar-refractivity contribution >= 4 is 96.2 Å². The van der Waals surface area contributed by atoms with Crippen molar-refractivity contribution in [3.8, 4) is 0 Å². The van der Waals surface area contributed by atoms with Crippen LogP contribution in [0.25, 0.3) is 21.9 Å². The fourth-order valence-corrected chi connectivity index (χ4v) is 13.5. The number of rotatable bonds is 5. The van der Waals surface area contributed by atoms with E-state index in [-0.39, 0.29) is 28.4 Å². The lowest BCUT2D eigenvalue weighted by atomic mass is 9.33. The lowest BCUT2D eigenvalue weighted by molar-refractivity contribution is 0.332. The van der Waals surface area contributed by atoms with Gasteiger partial charge >= 0.3 is 0 Å². The van der Waals surface area contributed by atoms with E-state index >= 15 is 0 Å². The first kappa shape index (κ1) is 44.9. The Balaban J connectivity index is 1.13. The van der Waals surface area contributed by atoms with Crippen molar-refractivity contribution < 1.29 is 4.42 Å². The van der Waals surface area contributed by atoms with Crippen LogP contribution in [0.4, 0.5) is 51.2 Å². The van der Waals surface area contributed by atoms with Gasteiger partial charge in [0.15, 0.2) is 0 Å². The van der Waals surface area contributed by atoms with Crippen molar-refractivity contribution in [2.24, 2.45) is 0 Å². The zero-order valence-electron chi connectivity index (χ0n) is 44.1. The van der Waals surface area contributed by atoms with Crippen LogP contribution < -0.4 is 31.1 Å². The number of hydrogen-bond donors (Lipinski definition) is 0. The van der Waals surface area contributed by atoms with Crippen LogP contribution in [0.15, 0.2) is 156 Å². The molecule has 2 aliphatic heterocycles. The fourth-order valence-electron chi connectivity index (χ4n) is 13.5. The monoisotopic (exact) mass is 940 g/mol. The molecule has 0 bridgehead atoms. The van der Waals surface area contributed by atoms with Gasteiger partial charge in [0, 0.05) is 62.0 Å². The standard InChI is InChI=1S/C67H66BN3O/c1-41-34-59-63-60(35-41)71(45-24-27-49-50(37-45)65(6,7)31-30-64(49,4)5)58-40-52-51(66(8,9)32-33-67(52,10)11)39-54(58)68(63)53-28-25-46(69(55-21-15-12-18-42(55)2)56-22-16-13-19-43(56)3)38-57(53)70(59)44-26-29-62-48(36-44)47-20-14-17-23-61(47)72-62/h12-29,34-40H,30-33H2,1-11H3. The molecule has 0 unspecified atom stereocenters. The average Bonchev–Trinajstić information content (AvgIpc) is 3.73. The normalized spacial score (nSPS) is 17.5. The molecule has 2 aliphatic carbocycles. The number of benzene rings is 8. The minimum atomic E-state index is -0.0230. The predicted molar refractivity (Wildman–Crippen MR) is 307 cm³/mol. The second-order valence-corrected chi connectivity index (χ2v) is 24.5. The Hall–Kier alpha value is -6.98. The molecule has 358 valence electrons. The van der Waals surface area contributed by atoms with E-state index in [4.69, 9.17) is 4.42 Å². The van der Waals surface area contributed by atoms with E-state index < -0.39 is 0 Å². The van der Waals surface area contributed by atoms with Gasteiger partial charge in [-0.1, -0.05) is 128 Å². The third-order valence-electron chi connectivity index (χ3n) is 17.9. The molecule has 5 heteroatoms. The lowest BCUT2D eigenvalue weighted by Gasteiger charge is -2.48. The highest BCUT2D eigenvalue weighted by molar-refractivity contribution is 7.00. The quantitative estimate of drug-likeness (QED) is 0.160. The number of hydrogen-bond acceptors (Lipinski definition) is 4. The summed E-state index contributed by atoms with van der Waals surface area (Å²) >= 11 is 0. The number of aryl methyl sites for hydroxylation is 3. The van der Waals surface area contributed by atoms with Gasteiger partial charge in [0.05, 0.1) is 0 Å². The highest BCUT2D eigenvalue weighted by atomic mass is 16.3. The Morgan fingerprint density at radius 3 is 1.58 bits per heavy atom. The number of fused-ring (bicyclic) bond motifs is 9. The molecule has 4 nitrogen and oxygen atoms in total. The second-order valence-electron chi connectivity index (χ2n) is 24.5. The molecule has 0 saturated heterocycles. The molecule has 8 aromatic carbocycles. The summed E-state index contributed by atoms with van der Waals surface area (Å²) in [5.41, 5.74) is 26.5. The maximum atomic E-state index is 6.50. The predicted octanol–water partition coefficient (Wildman–Crippen LogP) is 16.8. The summed E-state index contributed by atoms with van der Waals surface area (Å²) < 4.78 is 6.50. The minimum absolute atomic E-state index is 0.0230. The summed E-state index contributed by atoms with van der Waals surface area (Å²) in [6, 6.07) is 58.0. The van der Waals surface area contributed by atoms with Gasteiger partial charge in [0.1, 0.15) is 11.2 Å². The van der Waals surface area contributed by atoms with E-state index in [2.05, 4.69) is 243 Å². The van der Waals surface area contributed by atoms with Gasteiger partial charge in [-0.05, 0) is 202 Å². The van der Waals surface area contributed by atoms with E-state index in [1.807, 2.05) is 0 Å². The summed E-state index contributed by atoms with van der Waals surface area (Å²) in [5.74, 6) is 0. The highest BCUT2D eigenvalue weighted by Gasteiger charge is 2.47. The first-order chi connectivity index (χ1) is 34.4. The first-order valence-electron chi connectivity index (χ1n) is 26.5. The van der Waals surface area contributed by atoms with Crippen LogP contribution in [0.2, 0.25) is 0 Å².